The first kappa shape index (κ1) is 78.6. The van der Waals surface area contributed by atoms with Crippen LogP contribution in [0.25, 0.3) is 0 Å². The molecule has 0 aromatic carbocycles. The summed E-state index contributed by atoms with van der Waals surface area (Å²) in [5.41, 5.74) is 16.7. The van der Waals surface area contributed by atoms with Crippen LogP contribution in [0.2, 0.25) is 0 Å². The Balaban J connectivity index is 4.10. The van der Waals surface area contributed by atoms with E-state index in [2.05, 4.69) is 44.1 Å². The Morgan fingerprint density at radius 3 is 1.64 bits per heavy atom. The maximum Gasteiger partial charge on any atom is 0.335 e. The van der Waals surface area contributed by atoms with Crippen LogP contribution in [0.3, 0.4) is 0 Å². The number of nitrogens with one attached hydrogen (secondary N) is 9. The fraction of sp³-hybridized carbons (Fsp3) is 0.750. The summed E-state index contributed by atoms with van der Waals surface area (Å²) in [5.74, 6) is -16.0. The fourth-order valence-corrected chi connectivity index (χ4v) is 9.13. The highest BCUT2D eigenvalue weighted by Gasteiger charge is 2.41. The summed E-state index contributed by atoms with van der Waals surface area (Å²) in [4.78, 5) is 166. The Bertz CT molecular complexity index is 2260. The number of allylic oxidation sites excluding steroid dienone is 1. The van der Waals surface area contributed by atoms with Gasteiger partial charge in [-0.1, -0.05) is 90.6 Å². The van der Waals surface area contributed by atoms with Crippen LogP contribution in [-0.4, -0.2) is 201 Å². The number of rotatable bonds is 32. The number of aliphatic hydroxyl groups excluding tert-OH is 4. The molecule has 0 aliphatic carbocycles. The molecule has 30 nitrogen and oxygen atoms in total. The van der Waals surface area contributed by atoms with Crippen molar-refractivity contribution >= 4 is 82.5 Å². The minimum atomic E-state index is -2.82. The molecule has 87 heavy (non-hydrogen) atoms. The van der Waals surface area contributed by atoms with Gasteiger partial charge in [0, 0.05) is 12.8 Å². The molecule has 1 rings (SSSR count). The highest BCUT2D eigenvalue weighted by atomic mass is 35.5. The number of amides is 9. The smallest absolute Gasteiger partial charge is 0.335 e. The number of hydrogen-bond acceptors (Lipinski definition) is 20. The average Bonchev–Trinajstić information content (AvgIpc) is 3.33. The number of ketones is 1. The Labute approximate surface area is 512 Å². The number of nitrogens with two attached hydrogens (primary N) is 3. The molecular weight excluding hydrogens is 1160 g/mol. The minimum absolute atomic E-state index is 0.0211. The van der Waals surface area contributed by atoms with Gasteiger partial charge in [0.25, 0.3) is 5.91 Å². The molecule has 1 heterocycles. The first-order chi connectivity index (χ1) is 41.3. The molecule has 0 spiro atoms. The molecule has 0 saturated carbocycles. The molecule has 1 saturated heterocycles. The Kier molecular flexibility index (Phi) is 39.8. The lowest BCUT2D eigenvalue weighted by atomic mass is 10.0. The zero-order valence-electron chi connectivity index (χ0n) is 50.5. The second-order valence-electron chi connectivity index (χ2n) is 21.5. The van der Waals surface area contributed by atoms with E-state index in [1.54, 1.807) is 0 Å². The maximum atomic E-state index is 14.4. The molecule has 1 aliphatic heterocycles. The molecule has 20 N–H and O–H groups in total. The number of carbonyl (C=O) groups is 12. The third-order valence-corrected chi connectivity index (χ3v) is 14.4. The lowest BCUT2D eigenvalue weighted by molar-refractivity contribution is -0.155. The van der Waals surface area contributed by atoms with Gasteiger partial charge in [0.05, 0.1) is 30.6 Å². The Morgan fingerprint density at radius 1 is 0.609 bits per heavy atom. The molecule has 0 aromatic rings. The van der Waals surface area contributed by atoms with Crippen molar-refractivity contribution in [2.24, 2.45) is 17.2 Å². The zero-order valence-corrected chi connectivity index (χ0v) is 51.3. The highest BCUT2D eigenvalue weighted by Crippen LogP contribution is 2.15. The number of carboxylic acid groups (broad SMARTS) is 1. The number of alkyl halides is 1. The predicted octanol–water partition coefficient (Wildman–Crippen LogP) is -3.09. The lowest BCUT2D eigenvalue weighted by Crippen LogP contribution is -2.62. The number of hydrogen-bond donors (Lipinski definition) is 17. The van der Waals surface area contributed by atoms with E-state index in [1.807, 2.05) is 17.6 Å². The van der Waals surface area contributed by atoms with Crippen molar-refractivity contribution < 1.29 is 87.8 Å². The van der Waals surface area contributed by atoms with E-state index in [4.69, 9.17) is 33.5 Å². The third kappa shape index (κ3) is 30.4. The van der Waals surface area contributed by atoms with Gasteiger partial charge in [-0.3, -0.25) is 47.9 Å². The van der Waals surface area contributed by atoms with Gasteiger partial charge in [0.1, 0.15) is 60.4 Å². The van der Waals surface area contributed by atoms with Crippen molar-refractivity contribution in [1.82, 2.24) is 47.9 Å². The molecule has 1 fully saturated rings. The van der Waals surface area contributed by atoms with E-state index in [-0.39, 0.29) is 58.2 Å². The van der Waals surface area contributed by atoms with E-state index in [0.717, 1.165) is 70.8 Å². The van der Waals surface area contributed by atoms with Gasteiger partial charge in [0.15, 0.2) is 12.1 Å². The fourth-order valence-electron chi connectivity index (χ4n) is 8.95. The normalized spacial score (nSPS) is 24.0. The zero-order chi connectivity index (χ0) is 65.6. The van der Waals surface area contributed by atoms with E-state index < -0.39 is 175 Å². The number of aliphatic hydroxyl groups is 4. The Hall–Kier alpha value is -6.41. The minimum Gasteiger partial charge on any atom is -0.479 e. The summed E-state index contributed by atoms with van der Waals surface area (Å²) in [6.07, 6.45) is 2.39. The van der Waals surface area contributed by atoms with E-state index in [0.29, 0.717) is 25.7 Å². The molecule has 1 unspecified atom stereocenters. The monoisotopic (exact) mass is 1260 g/mol. The van der Waals surface area contributed by atoms with Crippen LogP contribution < -0.4 is 65.1 Å². The largest absolute Gasteiger partial charge is 0.479 e. The second-order valence-corrected chi connectivity index (χ2v) is 21.8. The lowest BCUT2D eigenvalue weighted by Gasteiger charge is -2.29. The van der Waals surface area contributed by atoms with Gasteiger partial charge in [-0.25, -0.2) is 9.59 Å². The number of aliphatic carboxylic acids is 1. The van der Waals surface area contributed by atoms with E-state index in [9.17, 15) is 83.1 Å². The van der Waals surface area contributed by atoms with Crippen LogP contribution in [0.15, 0.2) is 11.8 Å². The van der Waals surface area contributed by atoms with Crippen LogP contribution in [-0.2, 0) is 62.3 Å². The van der Waals surface area contributed by atoms with Crippen LogP contribution in [0.5, 0.6) is 0 Å². The number of halogens is 1. The second kappa shape index (κ2) is 44.1. The molecule has 0 bridgehead atoms. The van der Waals surface area contributed by atoms with Gasteiger partial charge in [0.2, 0.25) is 47.3 Å². The summed E-state index contributed by atoms with van der Waals surface area (Å²) in [5, 5.41) is 73.4. The first-order valence-corrected chi connectivity index (χ1v) is 30.6. The number of ether oxygens (including phenoxy) is 1. The molecule has 496 valence electrons. The van der Waals surface area contributed by atoms with Gasteiger partial charge >= 0.3 is 11.9 Å². The van der Waals surface area contributed by atoms with Gasteiger partial charge in [-0.05, 0) is 78.4 Å². The molecule has 1 aliphatic rings. The van der Waals surface area contributed by atoms with Crippen molar-refractivity contribution in [1.29, 1.82) is 0 Å². The molecule has 9 amide bonds. The number of cyclic esters (lactones) is 1. The molecule has 12 atom stereocenters. The summed E-state index contributed by atoms with van der Waals surface area (Å²) in [6.45, 7) is 4.71. The van der Waals surface area contributed by atoms with E-state index >= 15 is 0 Å². The number of Topliss-reactive ketones (excluding diaryl/α,β-unsaturated/α-hetero) is 1. The quantitative estimate of drug-likeness (QED) is 0.0137. The number of carbonyl (C=O) groups excluding carboxylic acids is 11. The molecule has 0 aromatic heterocycles. The van der Waals surface area contributed by atoms with Crippen molar-refractivity contribution in [3.63, 3.8) is 0 Å². The van der Waals surface area contributed by atoms with Crippen molar-refractivity contribution in [3.05, 3.63) is 11.8 Å². The van der Waals surface area contributed by atoms with Crippen molar-refractivity contribution in [3.8, 4) is 0 Å². The van der Waals surface area contributed by atoms with Gasteiger partial charge in [-0.2, -0.15) is 0 Å². The molecule has 0 radical (unpaired) electrons. The first-order valence-electron chi connectivity index (χ1n) is 30.0. The highest BCUT2D eigenvalue weighted by molar-refractivity contribution is 6.18. The Morgan fingerprint density at radius 2 is 1.11 bits per heavy atom. The summed E-state index contributed by atoms with van der Waals surface area (Å²) in [7, 11) is 0. The number of unbranched alkanes of at least 4 members (excludes halogenated alkanes) is 11. The number of carboxylic acids is 1. The SMILES string of the molecule is C/C=C1/NC(=O)[C@H]([C@H](C)O)NC(=O)[C@H](CCN)NC(=O)[C@H](CCCCN)NC(=O)[C@H](CC(=O)CCCCC)NC(=O)[C@@H](CCN)NC(=O)[C@@H](NC(=O)C[C@@H](O)CCCCCCCCCCC)COC(=O)[C@H]([C@H](O)CCl)NC(=O)[C@H](C(O)C(=O)O)NC1=O. The summed E-state index contributed by atoms with van der Waals surface area (Å²) >= 11 is 5.90. The van der Waals surface area contributed by atoms with Crippen LogP contribution in [0, 0.1) is 0 Å². The summed E-state index contributed by atoms with van der Waals surface area (Å²) in [6, 6.07) is -15.3. The van der Waals surface area contributed by atoms with Crippen LogP contribution in [0.4, 0.5) is 0 Å². The van der Waals surface area contributed by atoms with Crippen molar-refractivity contribution in [2.45, 2.75) is 235 Å². The average molecular weight is 1260 g/mol. The van der Waals surface area contributed by atoms with E-state index in [1.165, 1.54) is 6.92 Å². The molecule has 31 heteroatoms. The van der Waals surface area contributed by atoms with Crippen molar-refractivity contribution in [2.75, 3.05) is 32.1 Å². The van der Waals surface area contributed by atoms with Crippen LogP contribution in [0.1, 0.15) is 163 Å². The maximum absolute atomic E-state index is 14.4. The summed E-state index contributed by atoms with van der Waals surface area (Å²) < 4.78 is 5.34. The topological polar surface area (TPSA) is 502 Å². The van der Waals surface area contributed by atoms with Gasteiger partial charge < -0.3 is 95.3 Å². The standard InChI is InChI=1S/C56H97ClN12O18/c1-5-8-10-11-12-13-14-15-17-21-34(72)29-42(74)61-40-31-87-56(86)44(41(73)30-57)68-54(83)45(46(75)55(84)85)69-47(76)35(7-3)62-53(82)43(32(4)70)67-50(79)38(24-27-60)64-48(77)36(22-18-19-25-58)63-51(80)39(28-33(71)20-16-9-6-2)66-49(78)37(23-26-59)65-52(40)81/h7,32,34,36-41,43-46,70,72-73,75H,5-6,8-31,58-60H2,1-4H3,(H,61,74)(H,62,82)(H,63,80)(H,64,77)(H,65,81)(H,66,78)(H,67,79)(H,68,83)(H,69,76)(H,84,85)/b35-7+/t32-,34-,36-,37+,38-,39-,40-,41+,43-,44-,45-,46?/m0/s1. The number of esters is 1. The van der Waals surface area contributed by atoms with Gasteiger partial charge in [-0.15, -0.1) is 11.6 Å². The predicted molar refractivity (Wildman–Crippen MR) is 317 cm³/mol. The van der Waals surface area contributed by atoms with Crippen LogP contribution >= 0.6 is 11.6 Å². The third-order valence-electron chi connectivity index (χ3n) is 14.1. The molecular formula is C56H97ClN12O18.